The number of rotatable bonds is 5. The van der Waals surface area contributed by atoms with Crippen LogP contribution in [0.25, 0.3) is 0 Å². The van der Waals surface area contributed by atoms with Crippen molar-refractivity contribution >= 4 is 28.2 Å². The van der Waals surface area contributed by atoms with Crippen LogP contribution in [0.1, 0.15) is 39.0 Å². The first-order valence-electron chi connectivity index (χ1n) is 7.21. The molecule has 1 saturated carbocycles. The minimum atomic E-state index is 0.166. The van der Waals surface area contributed by atoms with Crippen molar-refractivity contribution < 1.29 is 0 Å². The van der Waals surface area contributed by atoms with Crippen LogP contribution in [0.5, 0.6) is 0 Å². The molecule has 6 heteroatoms. The Bertz CT molecular complexity index is 466. The minimum absolute atomic E-state index is 0.166. The van der Waals surface area contributed by atoms with Crippen molar-refractivity contribution in [3.63, 3.8) is 0 Å². The molecule has 1 heterocycles. The summed E-state index contributed by atoms with van der Waals surface area (Å²) in [5, 5.41) is 19.1. The van der Waals surface area contributed by atoms with Crippen molar-refractivity contribution in [2.24, 2.45) is 11.8 Å². The maximum absolute atomic E-state index is 9.34. The Labute approximate surface area is 129 Å². The van der Waals surface area contributed by atoms with Crippen molar-refractivity contribution in [1.29, 1.82) is 5.26 Å². The number of thioether (sulfide) groups is 1. The van der Waals surface area contributed by atoms with E-state index < -0.39 is 0 Å². The van der Waals surface area contributed by atoms with Crippen LogP contribution in [0.2, 0.25) is 0 Å². The van der Waals surface area contributed by atoms with E-state index in [9.17, 15) is 5.26 Å². The molecular formula is C14H22N4S2. The Morgan fingerprint density at radius 3 is 2.80 bits per heavy atom. The quantitative estimate of drug-likeness (QED) is 0.828. The fourth-order valence-electron chi connectivity index (χ4n) is 2.72. The van der Waals surface area contributed by atoms with Crippen molar-refractivity contribution in [3.8, 4) is 6.07 Å². The molecule has 20 heavy (non-hydrogen) atoms. The average Bonchev–Trinajstić information content (AvgIpc) is 2.88. The molecule has 0 aliphatic heterocycles. The summed E-state index contributed by atoms with van der Waals surface area (Å²) in [4.78, 5) is 1.98. The molecule has 110 valence electrons. The Morgan fingerprint density at radius 2 is 2.20 bits per heavy atom. The normalized spacial score (nSPS) is 26.2. The highest BCUT2D eigenvalue weighted by Crippen LogP contribution is 2.42. The van der Waals surface area contributed by atoms with Gasteiger partial charge in [-0.25, -0.2) is 0 Å². The van der Waals surface area contributed by atoms with E-state index in [1.807, 2.05) is 19.0 Å². The van der Waals surface area contributed by atoms with Gasteiger partial charge in [-0.15, -0.1) is 10.2 Å². The fourth-order valence-corrected chi connectivity index (χ4v) is 5.09. The highest BCUT2D eigenvalue weighted by Gasteiger charge is 2.31. The molecule has 1 aliphatic carbocycles. The van der Waals surface area contributed by atoms with Crippen LogP contribution in [-0.4, -0.2) is 29.5 Å². The number of nitrogens with zero attached hydrogens (tertiary/aromatic N) is 4. The van der Waals surface area contributed by atoms with Gasteiger partial charge in [0.1, 0.15) is 0 Å². The lowest BCUT2D eigenvalue weighted by molar-refractivity contribution is 0.307. The van der Waals surface area contributed by atoms with Gasteiger partial charge in [-0.05, 0) is 25.2 Å². The molecule has 0 spiro atoms. The molecule has 0 N–H and O–H groups in total. The molecular weight excluding hydrogens is 288 g/mol. The lowest BCUT2D eigenvalue weighted by Crippen LogP contribution is -2.26. The van der Waals surface area contributed by atoms with E-state index in [-0.39, 0.29) is 5.92 Å². The van der Waals surface area contributed by atoms with E-state index in [0.717, 1.165) is 28.2 Å². The van der Waals surface area contributed by atoms with Crippen LogP contribution in [0.15, 0.2) is 4.34 Å². The summed E-state index contributed by atoms with van der Waals surface area (Å²) in [6, 6.07) is 2.49. The van der Waals surface area contributed by atoms with Gasteiger partial charge in [0.25, 0.3) is 0 Å². The summed E-state index contributed by atoms with van der Waals surface area (Å²) < 4.78 is 0.996. The van der Waals surface area contributed by atoms with E-state index in [4.69, 9.17) is 0 Å². The number of aromatic nitrogens is 2. The molecule has 3 unspecified atom stereocenters. The minimum Gasteiger partial charge on any atom is -0.353 e. The van der Waals surface area contributed by atoms with Crippen molar-refractivity contribution in [2.45, 2.75) is 48.6 Å². The van der Waals surface area contributed by atoms with Gasteiger partial charge in [0, 0.05) is 19.3 Å². The summed E-state index contributed by atoms with van der Waals surface area (Å²) in [5.74, 6) is 0.947. The maximum Gasteiger partial charge on any atom is 0.208 e. The SMILES string of the molecule is CCCC1CCC(C#N)C(Sc2nnc(N(C)C)s2)C1. The molecule has 4 nitrogen and oxygen atoms in total. The lowest BCUT2D eigenvalue weighted by Gasteiger charge is -2.31. The molecule has 1 aromatic heterocycles. The third kappa shape index (κ3) is 3.86. The monoisotopic (exact) mass is 310 g/mol. The predicted octanol–water partition coefficient (Wildman–Crippen LogP) is 3.80. The zero-order chi connectivity index (χ0) is 14.5. The molecule has 2 rings (SSSR count). The molecule has 1 aliphatic rings. The largest absolute Gasteiger partial charge is 0.353 e. The van der Waals surface area contributed by atoms with Gasteiger partial charge >= 0.3 is 0 Å². The fraction of sp³-hybridized carbons (Fsp3) is 0.786. The summed E-state index contributed by atoms with van der Waals surface area (Å²) in [6.07, 6.45) is 5.92. The molecule has 0 saturated heterocycles. The smallest absolute Gasteiger partial charge is 0.208 e. The van der Waals surface area contributed by atoms with E-state index in [2.05, 4.69) is 23.2 Å². The zero-order valence-corrected chi connectivity index (χ0v) is 14.0. The Balaban J connectivity index is 2.01. The van der Waals surface area contributed by atoms with Crippen LogP contribution in [-0.2, 0) is 0 Å². The molecule has 3 atom stereocenters. The first-order chi connectivity index (χ1) is 9.63. The van der Waals surface area contributed by atoms with E-state index in [0.29, 0.717) is 5.25 Å². The van der Waals surface area contributed by atoms with Crippen molar-refractivity contribution in [1.82, 2.24) is 10.2 Å². The third-order valence-electron chi connectivity index (χ3n) is 3.79. The molecule has 0 aromatic carbocycles. The Kier molecular flexibility index (Phi) is 5.67. The van der Waals surface area contributed by atoms with Gasteiger partial charge in [-0.1, -0.05) is 42.9 Å². The Hall–Kier alpha value is -0.800. The molecule has 1 fully saturated rings. The van der Waals surface area contributed by atoms with Gasteiger partial charge in [0.15, 0.2) is 4.34 Å². The highest BCUT2D eigenvalue weighted by molar-refractivity contribution is 8.01. The van der Waals surface area contributed by atoms with Crippen molar-refractivity contribution in [2.75, 3.05) is 19.0 Å². The lowest BCUT2D eigenvalue weighted by atomic mass is 9.80. The van der Waals surface area contributed by atoms with Crippen LogP contribution >= 0.6 is 23.1 Å². The van der Waals surface area contributed by atoms with E-state index in [1.165, 1.54) is 19.3 Å². The van der Waals surface area contributed by atoms with Gasteiger partial charge in [0.05, 0.1) is 12.0 Å². The second kappa shape index (κ2) is 7.28. The van der Waals surface area contributed by atoms with Gasteiger partial charge in [0.2, 0.25) is 5.13 Å². The van der Waals surface area contributed by atoms with Gasteiger partial charge in [-0.2, -0.15) is 5.26 Å². The Morgan fingerprint density at radius 1 is 1.40 bits per heavy atom. The summed E-state index contributed by atoms with van der Waals surface area (Å²) >= 11 is 3.38. The summed E-state index contributed by atoms with van der Waals surface area (Å²) in [7, 11) is 3.95. The predicted molar refractivity (Wildman–Crippen MR) is 85.2 cm³/mol. The summed E-state index contributed by atoms with van der Waals surface area (Å²) in [5.41, 5.74) is 0. The molecule has 0 amide bonds. The number of hydrogen-bond donors (Lipinski definition) is 0. The van der Waals surface area contributed by atoms with E-state index in [1.54, 1.807) is 23.1 Å². The number of anilines is 1. The zero-order valence-electron chi connectivity index (χ0n) is 12.4. The molecule has 0 radical (unpaired) electrons. The molecule has 1 aromatic rings. The average molecular weight is 310 g/mol. The molecule has 0 bridgehead atoms. The number of nitriles is 1. The van der Waals surface area contributed by atoms with Gasteiger partial charge in [-0.3, -0.25) is 0 Å². The van der Waals surface area contributed by atoms with Crippen LogP contribution < -0.4 is 4.90 Å². The van der Waals surface area contributed by atoms with E-state index >= 15 is 0 Å². The second-order valence-electron chi connectivity index (χ2n) is 5.60. The first-order valence-corrected chi connectivity index (χ1v) is 8.90. The summed E-state index contributed by atoms with van der Waals surface area (Å²) in [6.45, 7) is 2.24. The van der Waals surface area contributed by atoms with Crippen molar-refractivity contribution in [3.05, 3.63) is 0 Å². The van der Waals surface area contributed by atoms with Crippen LogP contribution in [0.4, 0.5) is 5.13 Å². The van der Waals surface area contributed by atoms with Crippen LogP contribution in [0.3, 0.4) is 0 Å². The third-order valence-corrected chi connectivity index (χ3v) is 6.32. The standard InChI is InChI=1S/C14H22N4S2/c1-4-5-10-6-7-11(9-15)12(8-10)19-14-17-16-13(20-14)18(2)3/h10-12H,4-8H2,1-3H3. The second-order valence-corrected chi connectivity index (χ2v) is 8.05. The maximum atomic E-state index is 9.34. The first kappa shape index (κ1) is 15.6. The topological polar surface area (TPSA) is 52.8 Å². The van der Waals surface area contributed by atoms with Gasteiger partial charge < -0.3 is 4.90 Å². The highest BCUT2D eigenvalue weighted by atomic mass is 32.2. The van der Waals surface area contributed by atoms with Crippen LogP contribution in [0, 0.1) is 23.2 Å². The number of hydrogen-bond acceptors (Lipinski definition) is 6.